The summed E-state index contributed by atoms with van der Waals surface area (Å²) in [6.07, 6.45) is 3.18. The molecule has 0 amide bonds. The van der Waals surface area contributed by atoms with Gasteiger partial charge in [-0.1, -0.05) is 30.3 Å². The zero-order chi connectivity index (χ0) is 9.90. The Morgan fingerprint density at radius 3 is 2.31 bits per heavy atom. The highest BCUT2D eigenvalue weighted by Crippen LogP contribution is 2.13. The van der Waals surface area contributed by atoms with Gasteiger partial charge in [0.15, 0.2) is 11.2 Å². The fraction of sp³-hybridized carbons (Fsp3) is 0.200. The van der Waals surface area contributed by atoms with Gasteiger partial charge in [0.2, 0.25) is 0 Å². The van der Waals surface area contributed by atoms with Crippen molar-refractivity contribution in [3.8, 4) is 0 Å². The van der Waals surface area contributed by atoms with E-state index in [1.807, 2.05) is 18.2 Å². The Labute approximate surface area is 79.3 Å². The van der Waals surface area contributed by atoms with Crippen LogP contribution in [0.25, 0.3) is 5.76 Å². The average molecular weight is 197 g/mol. The number of aliphatic hydroxyl groups excluding tert-OH is 1. The minimum absolute atomic E-state index is 0.0793. The summed E-state index contributed by atoms with van der Waals surface area (Å²) in [5, 5.41) is 10.9. The SMILES string of the molecule is C[S+](C)(=O)/C=C(\O)c1ccccc1. The molecule has 0 spiro atoms. The molecule has 1 rings (SSSR count). The molecule has 0 saturated heterocycles. The Morgan fingerprint density at radius 1 is 1.31 bits per heavy atom. The summed E-state index contributed by atoms with van der Waals surface area (Å²) in [6.45, 7) is 0. The van der Waals surface area contributed by atoms with E-state index in [1.54, 1.807) is 24.6 Å². The Balaban J connectivity index is 2.99. The Hall–Kier alpha value is -1.09. The normalized spacial score (nSPS) is 12.9. The summed E-state index contributed by atoms with van der Waals surface area (Å²) in [5.41, 5.74) is 0.693. The van der Waals surface area contributed by atoms with Crippen LogP contribution in [0.5, 0.6) is 0 Å². The first-order valence-electron chi connectivity index (χ1n) is 3.89. The second-order valence-corrected chi connectivity index (χ2v) is 6.03. The first-order valence-corrected chi connectivity index (χ1v) is 6.33. The number of rotatable bonds is 2. The van der Waals surface area contributed by atoms with Gasteiger partial charge in [0.25, 0.3) is 0 Å². The highest BCUT2D eigenvalue weighted by molar-refractivity contribution is 8.04. The molecule has 0 saturated carbocycles. The van der Waals surface area contributed by atoms with Gasteiger partial charge in [-0.05, 0) is 0 Å². The van der Waals surface area contributed by atoms with Crippen LogP contribution in [0.15, 0.2) is 35.7 Å². The molecule has 1 aromatic rings. The molecule has 1 N–H and O–H groups in total. The van der Waals surface area contributed by atoms with Crippen LogP contribution in [0.2, 0.25) is 0 Å². The molecule has 0 unspecified atom stereocenters. The van der Waals surface area contributed by atoms with Gasteiger partial charge in [-0.2, -0.15) is 0 Å². The third-order valence-electron chi connectivity index (χ3n) is 1.47. The summed E-state index contributed by atoms with van der Waals surface area (Å²) in [7, 11) is -2.03. The summed E-state index contributed by atoms with van der Waals surface area (Å²) in [5.74, 6) is 0.0793. The molecule has 0 aromatic heterocycles. The van der Waals surface area contributed by atoms with Crippen LogP contribution >= 0.6 is 0 Å². The van der Waals surface area contributed by atoms with E-state index in [9.17, 15) is 9.32 Å². The average Bonchev–Trinajstić information content (AvgIpc) is 2.03. The van der Waals surface area contributed by atoms with E-state index in [0.29, 0.717) is 5.56 Å². The molecule has 3 heteroatoms. The van der Waals surface area contributed by atoms with Gasteiger partial charge in [0, 0.05) is 5.56 Å². The Kier molecular flexibility index (Phi) is 2.88. The molecule has 2 nitrogen and oxygen atoms in total. The van der Waals surface area contributed by atoms with Crippen LogP contribution < -0.4 is 0 Å². The molecule has 70 valence electrons. The van der Waals surface area contributed by atoms with Gasteiger partial charge in [0.1, 0.15) is 22.4 Å². The van der Waals surface area contributed by atoms with Gasteiger partial charge >= 0.3 is 0 Å². The van der Waals surface area contributed by atoms with Crippen molar-refractivity contribution in [2.75, 3.05) is 12.5 Å². The monoisotopic (exact) mass is 197 g/mol. The standard InChI is InChI=1S/C10H12O2S/c1-13(2,12)8-10(11)9-6-4-3-5-7-9/h3-8H,1-2H3/p+1. The molecule has 0 radical (unpaired) electrons. The lowest BCUT2D eigenvalue weighted by molar-refractivity contribution is 0.512. The molecule has 0 aliphatic carbocycles. The minimum Gasteiger partial charge on any atom is -0.503 e. The highest BCUT2D eigenvalue weighted by Gasteiger charge is 2.11. The smallest absolute Gasteiger partial charge is 0.170 e. The van der Waals surface area contributed by atoms with Crippen LogP contribution in [0, 0.1) is 0 Å². The molecule has 0 heterocycles. The third kappa shape index (κ3) is 3.42. The summed E-state index contributed by atoms with van der Waals surface area (Å²) in [4.78, 5) is 0. The lowest BCUT2D eigenvalue weighted by atomic mass is 10.2. The number of benzene rings is 1. The van der Waals surface area contributed by atoms with Crippen molar-refractivity contribution in [2.45, 2.75) is 0 Å². The van der Waals surface area contributed by atoms with Crippen molar-refractivity contribution in [2.24, 2.45) is 0 Å². The molecule has 0 atom stereocenters. The van der Waals surface area contributed by atoms with Gasteiger partial charge < -0.3 is 5.11 Å². The summed E-state index contributed by atoms with van der Waals surface area (Å²) in [6, 6.07) is 9.07. The molecule has 0 aliphatic rings. The molecule has 0 aliphatic heterocycles. The molecule has 0 bridgehead atoms. The Bertz CT molecular complexity index is 348. The molecular weight excluding hydrogens is 184 g/mol. The molecule has 0 fully saturated rings. The summed E-state index contributed by atoms with van der Waals surface area (Å²) >= 11 is 0. The lowest BCUT2D eigenvalue weighted by Gasteiger charge is -1.98. The Morgan fingerprint density at radius 2 is 1.85 bits per heavy atom. The third-order valence-corrected chi connectivity index (χ3v) is 2.26. The van der Waals surface area contributed by atoms with Crippen LogP contribution in [0.3, 0.4) is 0 Å². The van der Waals surface area contributed by atoms with Crippen molar-refractivity contribution < 1.29 is 9.32 Å². The number of hydrogen-bond acceptors (Lipinski definition) is 2. The zero-order valence-electron chi connectivity index (χ0n) is 7.73. The predicted octanol–water partition coefficient (Wildman–Crippen LogP) is 2.30. The minimum atomic E-state index is -2.03. The first-order chi connectivity index (χ1) is 5.99. The molecule has 1 aromatic carbocycles. The largest absolute Gasteiger partial charge is 0.503 e. The maximum Gasteiger partial charge on any atom is 0.170 e. The van der Waals surface area contributed by atoms with Gasteiger partial charge in [-0.25, -0.2) is 0 Å². The van der Waals surface area contributed by atoms with Gasteiger partial charge in [-0.3, -0.25) is 0 Å². The topological polar surface area (TPSA) is 37.3 Å². The second kappa shape index (κ2) is 3.75. The van der Waals surface area contributed by atoms with Crippen molar-refractivity contribution in [1.82, 2.24) is 0 Å². The highest BCUT2D eigenvalue weighted by atomic mass is 32.2. The van der Waals surface area contributed by atoms with Crippen LogP contribution in [-0.4, -0.2) is 17.6 Å². The van der Waals surface area contributed by atoms with E-state index in [4.69, 9.17) is 0 Å². The maximum atomic E-state index is 11.3. The van der Waals surface area contributed by atoms with Crippen LogP contribution in [-0.2, 0) is 14.1 Å². The molecular formula is C10H13O2S+. The molecule has 13 heavy (non-hydrogen) atoms. The second-order valence-electron chi connectivity index (χ2n) is 3.18. The first kappa shape index (κ1) is 9.99. The van der Waals surface area contributed by atoms with E-state index < -0.39 is 9.93 Å². The van der Waals surface area contributed by atoms with Gasteiger partial charge in [-0.15, -0.1) is 4.21 Å². The number of hydrogen-bond donors (Lipinski definition) is 1. The fourth-order valence-electron chi connectivity index (χ4n) is 0.946. The summed E-state index contributed by atoms with van der Waals surface area (Å²) < 4.78 is 11.3. The predicted molar refractivity (Wildman–Crippen MR) is 56.9 cm³/mol. The van der Waals surface area contributed by atoms with Crippen LogP contribution in [0.1, 0.15) is 5.56 Å². The number of aliphatic hydroxyl groups is 1. The van der Waals surface area contributed by atoms with Crippen LogP contribution in [0.4, 0.5) is 0 Å². The van der Waals surface area contributed by atoms with Crippen molar-refractivity contribution in [3.05, 3.63) is 41.3 Å². The van der Waals surface area contributed by atoms with Crippen molar-refractivity contribution in [3.63, 3.8) is 0 Å². The van der Waals surface area contributed by atoms with E-state index in [2.05, 4.69) is 0 Å². The van der Waals surface area contributed by atoms with Crippen molar-refractivity contribution >= 4 is 15.7 Å². The van der Waals surface area contributed by atoms with Crippen molar-refractivity contribution in [1.29, 1.82) is 0 Å². The maximum absolute atomic E-state index is 11.3. The van der Waals surface area contributed by atoms with Gasteiger partial charge in [0.05, 0.1) is 0 Å². The van der Waals surface area contributed by atoms with E-state index >= 15 is 0 Å². The quantitative estimate of drug-likeness (QED) is 0.583. The van der Waals surface area contributed by atoms with E-state index in [0.717, 1.165) is 0 Å². The zero-order valence-corrected chi connectivity index (χ0v) is 8.54. The van der Waals surface area contributed by atoms with E-state index in [-0.39, 0.29) is 5.76 Å². The van der Waals surface area contributed by atoms with E-state index in [1.165, 1.54) is 5.41 Å². The fourth-order valence-corrected chi connectivity index (χ4v) is 1.62. The lowest BCUT2D eigenvalue weighted by Crippen LogP contribution is -2.00.